The molecule has 14 heavy (non-hydrogen) atoms. The molecule has 0 saturated carbocycles. The standard InChI is InChI=1S/C9H16N4O/c1-12(2)9(14)4-3-6-13-7-5-8(10)11-13/h5,7H,3-4,6H2,1-2H3,(H2,10,11). The second-order valence-electron chi connectivity index (χ2n) is 3.40. The summed E-state index contributed by atoms with van der Waals surface area (Å²) in [6.45, 7) is 0.733. The van der Waals surface area contributed by atoms with Crippen LogP contribution in [0.1, 0.15) is 12.8 Å². The first-order valence-electron chi connectivity index (χ1n) is 4.58. The van der Waals surface area contributed by atoms with E-state index in [0.29, 0.717) is 12.2 Å². The van der Waals surface area contributed by atoms with Crippen LogP contribution in [0, 0.1) is 0 Å². The van der Waals surface area contributed by atoms with Crippen LogP contribution in [0.5, 0.6) is 0 Å². The fraction of sp³-hybridized carbons (Fsp3) is 0.556. The Morgan fingerprint density at radius 2 is 2.36 bits per heavy atom. The third-order valence-electron chi connectivity index (χ3n) is 1.94. The number of amides is 1. The van der Waals surface area contributed by atoms with Gasteiger partial charge in [-0.3, -0.25) is 9.48 Å². The highest BCUT2D eigenvalue weighted by Gasteiger charge is 2.03. The second-order valence-corrected chi connectivity index (χ2v) is 3.40. The predicted molar refractivity (Wildman–Crippen MR) is 54.6 cm³/mol. The molecule has 5 heteroatoms. The number of aryl methyl sites for hydroxylation is 1. The van der Waals surface area contributed by atoms with Crippen LogP contribution in [0.3, 0.4) is 0 Å². The van der Waals surface area contributed by atoms with Crippen molar-refractivity contribution in [3.05, 3.63) is 12.3 Å². The fourth-order valence-corrected chi connectivity index (χ4v) is 1.12. The summed E-state index contributed by atoms with van der Waals surface area (Å²) in [5, 5.41) is 4.02. The van der Waals surface area contributed by atoms with Crippen molar-refractivity contribution in [1.82, 2.24) is 14.7 Å². The minimum Gasteiger partial charge on any atom is -0.382 e. The summed E-state index contributed by atoms with van der Waals surface area (Å²) in [6.07, 6.45) is 3.15. The van der Waals surface area contributed by atoms with Crippen LogP contribution in [0.2, 0.25) is 0 Å². The summed E-state index contributed by atoms with van der Waals surface area (Å²) in [7, 11) is 3.52. The number of rotatable bonds is 4. The molecule has 0 aromatic carbocycles. The fourth-order valence-electron chi connectivity index (χ4n) is 1.12. The minimum absolute atomic E-state index is 0.144. The van der Waals surface area contributed by atoms with Gasteiger partial charge in [0.15, 0.2) is 0 Å². The molecular formula is C9H16N4O. The van der Waals surface area contributed by atoms with Gasteiger partial charge in [0.25, 0.3) is 0 Å². The maximum atomic E-state index is 11.2. The highest BCUT2D eigenvalue weighted by Crippen LogP contribution is 2.00. The quantitative estimate of drug-likeness (QED) is 0.755. The molecule has 78 valence electrons. The molecule has 0 aliphatic carbocycles. The Morgan fingerprint density at radius 3 is 2.86 bits per heavy atom. The lowest BCUT2D eigenvalue weighted by Crippen LogP contribution is -2.21. The van der Waals surface area contributed by atoms with E-state index in [1.54, 1.807) is 29.7 Å². The number of aromatic nitrogens is 2. The summed E-state index contributed by atoms with van der Waals surface area (Å²) in [5.41, 5.74) is 5.45. The van der Waals surface area contributed by atoms with Crippen LogP contribution in [0.25, 0.3) is 0 Å². The number of anilines is 1. The molecular weight excluding hydrogens is 180 g/mol. The SMILES string of the molecule is CN(C)C(=O)CCCn1ccc(N)n1. The summed E-state index contributed by atoms with van der Waals surface area (Å²) in [4.78, 5) is 12.8. The van der Waals surface area contributed by atoms with Gasteiger partial charge in [0.1, 0.15) is 5.82 Å². The first-order chi connectivity index (χ1) is 6.59. The molecule has 0 bridgehead atoms. The normalized spacial score (nSPS) is 10.1. The van der Waals surface area contributed by atoms with E-state index in [0.717, 1.165) is 13.0 Å². The molecule has 0 aliphatic heterocycles. The molecule has 1 heterocycles. The molecule has 1 amide bonds. The van der Waals surface area contributed by atoms with Gasteiger partial charge in [0.05, 0.1) is 0 Å². The molecule has 0 fully saturated rings. The monoisotopic (exact) mass is 196 g/mol. The smallest absolute Gasteiger partial charge is 0.222 e. The van der Waals surface area contributed by atoms with Gasteiger partial charge < -0.3 is 10.6 Å². The van der Waals surface area contributed by atoms with E-state index >= 15 is 0 Å². The third kappa shape index (κ3) is 3.08. The van der Waals surface area contributed by atoms with E-state index in [9.17, 15) is 4.79 Å². The number of carbonyl (C=O) groups excluding carboxylic acids is 1. The maximum absolute atomic E-state index is 11.2. The number of hydrogen-bond donors (Lipinski definition) is 1. The molecule has 5 nitrogen and oxygen atoms in total. The lowest BCUT2D eigenvalue weighted by molar-refractivity contribution is -0.128. The molecule has 0 unspecified atom stereocenters. The maximum Gasteiger partial charge on any atom is 0.222 e. The van der Waals surface area contributed by atoms with Gasteiger partial charge in [-0.1, -0.05) is 0 Å². The van der Waals surface area contributed by atoms with E-state index < -0.39 is 0 Å². The molecule has 0 radical (unpaired) electrons. The lowest BCUT2D eigenvalue weighted by atomic mass is 10.3. The van der Waals surface area contributed by atoms with Gasteiger partial charge in [0.2, 0.25) is 5.91 Å². The first-order valence-corrected chi connectivity index (χ1v) is 4.58. The van der Waals surface area contributed by atoms with Gasteiger partial charge in [-0.15, -0.1) is 0 Å². The summed E-state index contributed by atoms with van der Waals surface area (Å²) >= 11 is 0. The van der Waals surface area contributed by atoms with E-state index in [-0.39, 0.29) is 5.91 Å². The summed E-state index contributed by atoms with van der Waals surface area (Å²) in [5.74, 6) is 0.661. The largest absolute Gasteiger partial charge is 0.382 e. The third-order valence-corrected chi connectivity index (χ3v) is 1.94. The van der Waals surface area contributed by atoms with Gasteiger partial charge in [0, 0.05) is 33.3 Å². The Labute approximate surface area is 83.5 Å². The van der Waals surface area contributed by atoms with Gasteiger partial charge >= 0.3 is 0 Å². The van der Waals surface area contributed by atoms with Crippen molar-refractivity contribution < 1.29 is 4.79 Å². The van der Waals surface area contributed by atoms with Crippen molar-refractivity contribution in [1.29, 1.82) is 0 Å². The molecule has 0 spiro atoms. The van der Waals surface area contributed by atoms with E-state index in [2.05, 4.69) is 5.10 Å². The number of hydrogen-bond acceptors (Lipinski definition) is 3. The number of carbonyl (C=O) groups is 1. The second kappa shape index (κ2) is 4.64. The zero-order chi connectivity index (χ0) is 10.6. The predicted octanol–water partition coefficient (Wildman–Crippen LogP) is 0.334. The molecule has 1 aromatic heterocycles. The van der Waals surface area contributed by atoms with E-state index in [1.165, 1.54) is 0 Å². The molecule has 1 rings (SSSR count). The van der Waals surface area contributed by atoms with Crippen molar-refractivity contribution in [3.8, 4) is 0 Å². The molecule has 1 aromatic rings. The average Bonchev–Trinajstić information content (AvgIpc) is 2.51. The van der Waals surface area contributed by atoms with E-state index in [4.69, 9.17) is 5.73 Å². The van der Waals surface area contributed by atoms with Crippen molar-refractivity contribution in [2.75, 3.05) is 19.8 Å². The van der Waals surface area contributed by atoms with Crippen molar-refractivity contribution >= 4 is 11.7 Å². The lowest BCUT2D eigenvalue weighted by Gasteiger charge is -2.09. The Hall–Kier alpha value is -1.52. The summed E-state index contributed by atoms with van der Waals surface area (Å²) in [6, 6.07) is 1.74. The molecule has 0 saturated heterocycles. The van der Waals surface area contributed by atoms with Gasteiger partial charge in [-0.05, 0) is 12.5 Å². The summed E-state index contributed by atoms with van der Waals surface area (Å²) < 4.78 is 1.75. The van der Waals surface area contributed by atoms with Gasteiger partial charge in [-0.25, -0.2) is 0 Å². The Kier molecular flexibility index (Phi) is 3.50. The number of nitrogen functional groups attached to an aromatic ring is 1. The Balaban J connectivity index is 2.25. The zero-order valence-electron chi connectivity index (χ0n) is 8.60. The van der Waals surface area contributed by atoms with Crippen LogP contribution >= 0.6 is 0 Å². The first kappa shape index (κ1) is 10.6. The Morgan fingerprint density at radius 1 is 1.64 bits per heavy atom. The van der Waals surface area contributed by atoms with Gasteiger partial charge in [-0.2, -0.15) is 5.10 Å². The Bertz CT molecular complexity index is 306. The molecule has 0 atom stereocenters. The number of nitrogens with two attached hydrogens (primary N) is 1. The number of nitrogens with zero attached hydrogens (tertiary/aromatic N) is 3. The van der Waals surface area contributed by atoms with Crippen LogP contribution in [0.15, 0.2) is 12.3 Å². The topological polar surface area (TPSA) is 64.2 Å². The molecule has 2 N–H and O–H groups in total. The van der Waals surface area contributed by atoms with Crippen LogP contribution in [-0.2, 0) is 11.3 Å². The highest BCUT2D eigenvalue weighted by atomic mass is 16.2. The minimum atomic E-state index is 0.144. The van der Waals surface area contributed by atoms with Crippen LogP contribution < -0.4 is 5.73 Å². The van der Waals surface area contributed by atoms with Crippen molar-refractivity contribution in [3.63, 3.8) is 0 Å². The molecule has 0 aliphatic rings. The van der Waals surface area contributed by atoms with Crippen molar-refractivity contribution in [2.45, 2.75) is 19.4 Å². The average molecular weight is 196 g/mol. The highest BCUT2D eigenvalue weighted by molar-refractivity contribution is 5.75. The van der Waals surface area contributed by atoms with Crippen LogP contribution in [0.4, 0.5) is 5.82 Å². The zero-order valence-corrected chi connectivity index (χ0v) is 8.60. The van der Waals surface area contributed by atoms with Crippen molar-refractivity contribution in [2.24, 2.45) is 0 Å². The van der Waals surface area contributed by atoms with E-state index in [1.807, 2.05) is 6.20 Å². The van der Waals surface area contributed by atoms with Crippen LogP contribution in [-0.4, -0.2) is 34.7 Å².